The number of nitrogens with zero attached hydrogens (tertiary/aromatic N) is 1. The molecule has 0 heterocycles. The van der Waals surface area contributed by atoms with Crippen LogP contribution in [0.5, 0.6) is 0 Å². The van der Waals surface area contributed by atoms with Crippen molar-refractivity contribution >= 4 is 23.4 Å². The van der Waals surface area contributed by atoms with Crippen LogP contribution in [0.15, 0.2) is 78.9 Å². The van der Waals surface area contributed by atoms with E-state index in [0.29, 0.717) is 10.6 Å². The van der Waals surface area contributed by atoms with Crippen LogP contribution < -0.4 is 5.32 Å². The van der Waals surface area contributed by atoms with Crippen molar-refractivity contribution in [3.63, 3.8) is 0 Å². The molecule has 1 atom stereocenters. The number of carbonyl (C=O) groups is 2. The number of hydrogen-bond acceptors (Lipinski definition) is 2. The Balaban J connectivity index is 1.97. The van der Waals surface area contributed by atoms with Crippen LogP contribution in [0, 0.1) is 5.82 Å². The summed E-state index contributed by atoms with van der Waals surface area (Å²) in [5.41, 5.74) is 2.21. The molecule has 2 amide bonds. The number of benzene rings is 3. The highest BCUT2D eigenvalue weighted by molar-refractivity contribution is 6.30. The average Bonchev–Trinajstić information content (AvgIpc) is 2.76. The molecule has 4 nitrogen and oxygen atoms in total. The quantitative estimate of drug-likeness (QED) is 0.605. The fourth-order valence-corrected chi connectivity index (χ4v) is 3.36. The number of hydrogen-bond donors (Lipinski definition) is 1. The van der Waals surface area contributed by atoms with Gasteiger partial charge in [-0.2, -0.15) is 0 Å². The highest BCUT2D eigenvalue weighted by Crippen LogP contribution is 2.25. The highest BCUT2D eigenvalue weighted by Gasteiger charge is 2.30. The normalized spacial score (nSPS) is 11.6. The van der Waals surface area contributed by atoms with Gasteiger partial charge in [0.1, 0.15) is 11.9 Å². The molecule has 3 aromatic carbocycles. The summed E-state index contributed by atoms with van der Waals surface area (Å²) in [5, 5.41) is 3.24. The Bertz CT molecular complexity index is 992. The molecule has 6 heteroatoms. The molecule has 0 aliphatic rings. The predicted molar refractivity (Wildman–Crippen MR) is 115 cm³/mol. The van der Waals surface area contributed by atoms with Crippen molar-refractivity contribution in [2.45, 2.75) is 19.0 Å². The summed E-state index contributed by atoms with van der Waals surface area (Å²) in [4.78, 5) is 27.7. The minimum absolute atomic E-state index is 0.110. The lowest BCUT2D eigenvalue weighted by atomic mass is 10.0. The van der Waals surface area contributed by atoms with Crippen LogP contribution in [0.4, 0.5) is 4.39 Å². The fourth-order valence-electron chi connectivity index (χ4n) is 3.23. The molecule has 154 valence electrons. The third kappa shape index (κ3) is 5.45. The fraction of sp³-hybridized carbons (Fsp3) is 0.167. The van der Waals surface area contributed by atoms with E-state index in [0.717, 1.165) is 11.1 Å². The second-order valence-corrected chi connectivity index (χ2v) is 7.32. The maximum Gasteiger partial charge on any atom is 0.247 e. The molecule has 0 aromatic heterocycles. The molecular formula is C24H22ClFN2O2. The molecule has 0 radical (unpaired) electrons. The minimum atomic E-state index is -0.818. The molecule has 3 aromatic rings. The first-order valence-corrected chi connectivity index (χ1v) is 9.90. The maximum absolute atomic E-state index is 13.4. The van der Waals surface area contributed by atoms with Gasteiger partial charge in [-0.3, -0.25) is 9.59 Å². The molecule has 0 fully saturated rings. The van der Waals surface area contributed by atoms with Crippen LogP contribution in [0.2, 0.25) is 5.02 Å². The van der Waals surface area contributed by atoms with Crippen molar-refractivity contribution in [1.82, 2.24) is 10.2 Å². The summed E-state index contributed by atoms with van der Waals surface area (Å²) in [6, 6.07) is 21.2. The predicted octanol–water partition coefficient (Wildman–Crippen LogP) is 4.54. The first-order chi connectivity index (χ1) is 14.5. The molecule has 0 aliphatic carbocycles. The van der Waals surface area contributed by atoms with Crippen LogP contribution in [0.3, 0.4) is 0 Å². The number of rotatable bonds is 7. The van der Waals surface area contributed by atoms with E-state index in [4.69, 9.17) is 11.6 Å². The zero-order valence-corrected chi connectivity index (χ0v) is 17.3. The van der Waals surface area contributed by atoms with Crippen LogP contribution in [0.25, 0.3) is 0 Å². The Labute approximate surface area is 180 Å². The van der Waals surface area contributed by atoms with E-state index in [2.05, 4.69) is 5.32 Å². The Morgan fingerprint density at radius 1 is 0.933 bits per heavy atom. The van der Waals surface area contributed by atoms with Crippen LogP contribution in [0.1, 0.15) is 22.7 Å². The molecule has 1 N–H and O–H groups in total. The van der Waals surface area contributed by atoms with Crippen LogP contribution >= 0.6 is 11.6 Å². The van der Waals surface area contributed by atoms with E-state index < -0.39 is 6.04 Å². The van der Waals surface area contributed by atoms with Crippen molar-refractivity contribution in [1.29, 1.82) is 0 Å². The summed E-state index contributed by atoms with van der Waals surface area (Å²) in [5.74, 6) is -0.879. The first kappa shape index (κ1) is 21.5. The lowest BCUT2D eigenvalue weighted by Crippen LogP contribution is -2.43. The van der Waals surface area contributed by atoms with Crippen LogP contribution in [-0.4, -0.2) is 23.8 Å². The molecule has 30 heavy (non-hydrogen) atoms. The number of likely N-dealkylation sites (N-methyl/N-ethyl adjacent to an activating group) is 1. The van der Waals surface area contributed by atoms with E-state index in [1.165, 1.54) is 24.1 Å². The lowest BCUT2D eigenvalue weighted by Gasteiger charge is -2.31. The summed E-state index contributed by atoms with van der Waals surface area (Å²) < 4.78 is 13.4. The van der Waals surface area contributed by atoms with Crippen molar-refractivity contribution in [3.05, 3.63) is 106 Å². The lowest BCUT2D eigenvalue weighted by molar-refractivity contribution is -0.141. The van der Waals surface area contributed by atoms with Gasteiger partial charge in [0.15, 0.2) is 0 Å². The first-order valence-electron chi connectivity index (χ1n) is 9.53. The van der Waals surface area contributed by atoms with Gasteiger partial charge in [0.2, 0.25) is 11.8 Å². The molecule has 0 saturated carbocycles. The second-order valence-electron chi connectivity index (χ2n) is 6.88. The van der Waals surface area contributed by atoms with Crippen molar-refractivity contribution < 1.29 is 14.0 Å². The van der Waals surface area contributed by atoms with Gasteiger partial charge >= 0.3 is 0 Å². The number of carbonyl (C=O) groups excluding carboxylic acids is 2. The summed E-state index contributed by atoms with van der Waals surface area (Å²) in [6.45, 7) is 0.166. The number of amides is 2. The van der Waals surface area contributed by atoms with Gasteiger partial charge in [-0.25, -0.2) is 4.39 Å². The topological polar surface area (TPSA) is 49.4 Å². The monoisotopic (exact) mass is 424 g/mol. The van der Waals surface area contributed by atoms with Gasteiger partial charge in [-0.15, -0.1) is 0 Å². The van der Waals surface area contributed by atoms with Crippen molar-refractivity contribution in [2.75, 3.05) is 7.05 Å². The Kier molecular flexibility index (Phi) is 7.20. The molecule has 0 spiro atoms. The van der Waals surface area contributed by atoms with E-state index in [1.54, 1.807) is 36.4 Å². The zero-order chi connectivity index (χ0) is 21.5. The number of halogens is 2. The molecular weight excluding hydrogens is 403 g/mol. The van der Waals surface area contributed by atoms with Gasteiger partial charge in [0, 0.05) is 18.6 Å². The Hall–Kier alpha value is -3.18. The molecule has 0 aliphatic heterocycles. The van der Waals surface area contributed by atoms with E-state index in [-0.39, 0.29) is 30.6 Å². The zero-order valence-electron chi connectivity index (χ0n) is 16.5. The molecule has 0 saturated heterocycles. The maximum atomic E-state index is 13.4. The van der Waals surface area contributed by atoms with E-state index >= 15 is 0 Å². The average molecular weight is 425 g/mol. The van der Waals surface area contributed by atoms with Gasteiger partial charge in [-0.1, -0.05) is 66.2 Å². The summed E-state index contributed by atoms with van der Waals surface area (Å²) >= 11 is 5.94. The standard InChI is InChI=1S/C24H22ClFN2O2/c1-27-24(30)23(19-5-3-2-4-6-19)28(16-18-9-13-21(26)14-10-18)22(29)15-17-7-11-20(25)12-8-17/h2-14,23H,15-16H2,1H3,(H,27,30). The second kappa shape index (κ2) is 10.0. The Morgan fingerprint density at radius 3 is 2.13 bits per heavy atom. The van der Waals surface area contributed by atoms with Crippen molar-refractivity contribution in [2.24, 2.45) is 0 Å². The van der Waals surface area contributed by atoms with Crippen molar-refractivity contribution in [3.8, 4) is 0 Å². The Morgan fingerprint density at radius 2 is 1.53 bits per heavy atom. The van der Waals surface area contributed by atoms with Gasteiger partial charge in [0.05, 0.1) is 6.42 Å². The largest absolute Gasteiger partial charge is 0.357 e. The third-order valence-corrected chi connectivity index (χ3v) is 5.03. The highest BCUT2D eigenvalue weighted by atomic mass is 35.5. The van der Waals surface area contributed by atoms with E-state index in [1.807, 2.05) is 30.3 Å². The summed E-state index contributed by atoms with van der Waals surface area (Å²) in [7, 11) is 1.54. The molecule has 3 rings (SSSR count). The van der Waals surface area contributed by atoms with E-state index in [9.17, 15) is 14.0 Å². The van der Waals surface area contributed by atoms with Crippen LogP contribution in [-0.2, 0) is 22.6 Å². The smallest absolute Gasteiger partial charge is 0.247 e. The van der Waals surface area contributed by atoms with Gasteiger partial charge in [-0.05, 0) is 41.0 Å². The van der Waals surface area contributed by atoms with Gasteiger partial charge in [0.25, 0.3) is 0 Å². The SMILES string of the molecule is CNC(=O)C(c1ccccc1)N(Cc1ccc(F)cc1)C(=O)Cc1ccc(Cl)cc1. The minimum Gasteiger partial charge on any atom is -0.357 e. The number of nitrogens with one attached hydrogen (secondary N) is 1. The third-order valence-electron chi connectivity index (χ3n) is 4.78. The van der Waals surface area contributed by atoms with Gasteiger partial charge < -0.3 is 10.2 Å². The summed E-state index contributed by atoms with van der Waals surface area (Å²) in [6.07, 6.45) is 0.110. The molecule has 1 unspecified atom stereocenters. The molecule has 0 bridgehead atoms.